The van der Waals surface area contributed by atoms with Crippen LogP contribution in [0.3, 0.4) is 0 Å². The van der Waals surface area contributed by atoms with Gasteiger partial charge in [0, 0.05) is 17.7 Å². The van der Waals surface area contributed by atoms with Crippen molar-refractivity contribution in [3.8, 4) is 11.3 Å². The van der Waals surface area contributed by atoms with E-state index in [9.17, 15) is 0 Å². The molecule has 1 heterocycles. The minimum Gasteiger partial charge on any atom is -0.201 e. The van der Waals surface area contributed by atoms with Crippen molar-refractivity contribution in [2.45, 2.75) is 71.6 Å². The maximum Gasteiger partial charge on any atom is 0.212 e. The predicted octanol–water partition coefficient (Wildman–Crippen LogP) is 5.75. The summed E-state index contributed by atoms with van der Waals surface area (Å²) >= 11 is 0. The van der Waals surface area contributed by atoms with Gasteiger partial charge in [-0.3, -0.25) is 0 Å². The fourth-order valence-electron chi connectivity index (χ4n) is 4.13. The fraction of sp³-hybridized carbons (Fsp3) is 0.522. The van der Waals surface area contributed by atoms with E-state index < -0.39 is 0 Å². The first kappa shape index (κ1) is 17.2. The van der Waals surface area contributed by atoms with E-state index >= 15 is 0 Å². The lowest BCUT2D eigenvalue weighted by Gasteiger charge is -2.20. The Bertz CT molecular complexity index is 743. The van der Waals surface area contributed by atoms with E-state index in [0.717, 1.165) is 5.92 Å². The third-order valence-electron chi connectivity index (χ3n) is 5.70. The molecule has 0 atom stereocenters. The van der Waals surface area contributed by atoms with Gasteiger partial charge in [0.15, 0.2) is 6.20 Å². The summed E-state index contributed by atoms with van der Waals surface area (Å²) in [5, 5.41) is 0. The lowest BCUT2D eigenvalue weighted by Crippen LogP contribution is -2.32. The zero-order chi connectivity index (χ0) is 17.5. The second kappa shape index (κ2) is 6.35. The quantitative estimate of drug-likeness (QED) is 0.620. The highest BCUT2D eigenvalue weighted by Gasteiger charge is 2.23. The highest BCUT2D eigenvalue weighted by molar-refractivity contribution is 5.64. The van der Waals surface area contributed by atoms with Crippen LogP contribution in [0.15, 0.2) is 30.5 Å². The number of hydrogen-bond donors (Lipinski definition) is 0. The molecular weight excluding hydrogens is 290 g/mol. The number of pyridine rings is 1. The topological polar surface area (TPSA) is 3.88 Å². The first-order valence-corrected chi connectivity index (χ1v) is 9.39. The molecule has 1 aromatic heterocycles. The van der Waals surface area contributed by atoms with Crippen LogP contribution in [-0.4, -0.2) is 0 Å². The number of benzene rings is 1. The Morgan fingerprint density at radius 2 is 1.62 bits per heavy atom. The molecule has 128 valence electrons. The number of hydrogen-bond acceptors (Lipinski definition) is 0. The Hall–Kier alpha value is -1.63. The van der Waals surface area contributed by atoms with Crippen LogP contribution in [0.4, 0.5) is 0 Å². The molecule has 0 bridgehead atoms. The second-order valence-corrected chi connectivity index (χ2v) is 8.67. The molecule has 1 aliphatic rings. The molecule has 1 aromatic carbocycles. The Kier molecular flexibility index (Phi) is 4.55. The fourth-order valence-corrected chi connectivity index (χ4v) is 4.13. The van der Waals surface area contributed by atoms with Crippen molar-refractivity contribution in [3.05, 3.63) is 52.7 Å². The van der Waals surface area contributed by atoms with Gasteiger partial charge in [0.1, 0.15) is 7.05 Å². The number of aromatic nitrogens is 1. The van der Waals surface area contributed by atoms with Gasteiger partial charge >= 0.3 is 0 Å². The molecule has 0 N–H and O–H groups in total. The SMILES string of the molecule is Cc1cc(C)c(C2CCCC2)cc1-c1cc(C(C)(C)C)cc[n+]1C. The first-order chi connectivity index (χ1) is 11.3. The van der Waals surface area contributed by atoms with E-state index in [2.05, 4.69) is 76.7 Å². The second-order valence-electron chi connectivity index (χ2n) is 8.67. The average Bonchev–Trinajstić information content (AvgIpc) is 3.01. The summed E-state index contributed by atoms with van der Waals surface area (Å²) in [6.07, 6.45) is 7.71. The van der Waals surface area contributed by atoms with Crippen LogP contribution < -0.4 is 4.57 Å². The van der Waals surface area contributed by atoms with E-state index in [-0.39, 0.29) is 5.41 Å². The van der Waals surface area contributed by atoms with Crippen LogP contribution in [0.25, 0.3) is 11.3 Å². The maximum absolute atomic E-state index is 2.49. The summed E-state index contributed by atoms with van der Waals surface area (Å²) in [6.45, 7) is 11.4. The lowest BCUT2D eigenvalue weighted by molar-refractivity contribution is -0.660. The lowest BCUT2D eigenvalue weighted by atomic mass is 9.85. The van der Waals surface area contributed by atoms with Gasteiger partial charge in [-0.2, -0.15) is 0 Å². The van der Waals surface area contributed by atoms with Crippen LogP contribution in [-0.2, 0) is 12.5 Å². The van der Waals surface area contributed by atoms with Gasteiger partial charge in [-0.25, -0.2) is 4.57 Å². The summed E-state index contributed by atoms with van der Waals surface area (Å²) in [4.78, 5) is 0. The Morgan fingerprint density at radius 1 is 0.958 bits per heavy atom. The molecule has 0 amide bonds. The van der Waals surface area contributed by atoms with E-state index in [1.165, 1.54) is 53.6 Å². The third-order valence-corrected chi connectivity index (χ3v) is 5.70. The minimum absolute atomic E-state index is 0.176. The predicted molar refractivity (Wildman–Crippen MR) is 102 cm³/mol. The molecule has 0 saturated heterocycles. The van der Waals surface area contributed by atoms with Gasteiger partial charge in [-0.15, -0.1) is 0 Å². The molecule has 0 radical (unpaired) electrons. The van der Waals surface area contributed by atoms with Crippen LogP contribution in [0, 0.1) is 13.8 Å². The van der Waals surface area contributed by atoms with Crippen LogP contribution in [0.5, 0.6) is 0 Å². The molecule has 3 rings (SSSR count). The van der Waals surface area contributed by atoms with Crippen LogP contribution >= 0.6 is 0 Å². The van der Waals surface area contributed by atoms with Crippen molar-refractivity contribution in [1.82, 2.24) is 0 Å². The van der Waals surface area contributed by atoms with E-state index in [1.54, 1.807) is 5.56 Å². The molecule has 1 aliphatic carbocycles. The summed E-state index contributed by atoms with van der Waals surface area (Å²) in [6, 6.07) is 9.52. The van der Waals surface area contributed by atoms with Crippen LogP contribution in [0.1, 0.15) is 74.6 Å². The van der Waals surface area contributed by atoms with Gasteiger partial charge in [-0.05, 0) is 66.3 Å². The van der Waals surface area contributed by atoms with Gasteiger partial charge in [-0.1, -0.05) is 39.7 Å². The zero-order valence-corrected chi connectivity index (χ0v) is 16.2. The van der Waals surface area contributed by atoms with Gasteiger partial charge < -0.3 is 0 Å². The number of rotatable bonds is 2. The molecular formula is C23H32N+. The smallest absolute Gasteiger partial charge is 0.201 e. The Morgan fingerprint density at radius 3 is 2.25 bits per heavy atom. The van der Waals surface area contributed by atoms with E-state index in [4.69, 9.17) is 0 Å². The highest BCUT2D eigenvalue weighted by Crippen LogP contribution is 2.38. The Balaban J connectivity index is 2.13. The van der Waals surface area contributed by atoms with Crippen molar-refractivity contribution in [2.24, 2.45) is 7.05 Å². The number of aryl methyl sites for hydroxylation is 3. The van der Waals surface area contributed by atoms with E-state index in [1.807, 2.05) is 0 Å². The van der Waals surface area contributed by atoms with E-state index in [0.29, 0.717) is 0 Å². The Labute approximate surface area is 147 Å². The molecule has 1 nitrogen and oxygen atoms in total. The van der Waals surface area contributed by atoms with Crippen molar-refractivity contribution in [3.63, 3.8) is 0 Å². The van der Waals surface area contributed by atoms with Gasteiger partial charge in [0.2, 0.25) is 5.69 Å². The largest absolute Gasteiger partial charge is 0.212 e. The third kappa shape index (κ3) is 3.27. The van der Waals surface area contributed by atoms with Crippen LogP contribution in [0.2, 0.25) is 0 Å². The minimum atomic E-state index is 0.176. The van der Waals surface area contributed by atoms with Crippen molar-refractivity contribution in [2.75, 3.05) is 0 Å². The molecule has 24 heavy (non-hydrogen) atoms. The normalized spacial score (nSPS) is 15.9. The molecule has 1 saturated carbocycles. The van der Waals surface area contributed by atoms with Crippen molar-refractivity contribution in [1.29, 1.82) is 0 Å². The molecule has 2 aromatic rings. The standard InChI is InChI=1S/C23H32N/c1-16-13-17(2)21(15-20(16)18-9-7-8-10-18)22-14-19(23(3,4)5)11-12-24(22)6/h11-15,18H,7-10H2,1-6H3/q+1. The molecule has 1 fully saturated rings. The average molecular weight is 323 g/mol. The summed E-state index contributed by atoms with van der Waals surface area (Å²) < 4.78 is 2.27. The highest BCUT2D eigenvalue weighted by atomic mass is 14.9. The monoisotopic (exact) mass is 322 g/mol. The maximum atomic E-state index is 2.49. The zero-order valence-electron chi connectivity index (χ0n) is 16.2. The molecule has 0 aliphatic heterocycles. The van der Waals surface area contributed by atoms with Crippen molar-refractivity contribution < 1.29 is 4.57 Å². The summed E-state index contributed by atoms with van der Waals surface area (Å²) in [5.74, 6) is 0.764. The van der Waals surface area contributed by atoms with Crippen molar-refractivity contribution >= 4 is 0 Å². The number of nitrogens with zero attached hydrogens (tertiary/aromatic N) is 1. The molecule has 1 heteroatoms. The van der Waals surface area contributed by atoms with Gasteiger partial charge in [0.25, 0.3) is 0 Å². The summed E-state index contributed by atoms with van der Waals surface area (Å²) in [7, 11) is 2.16. The summed E-state index contributed by atoms with van der Waals surface area (Å²) in [5.41, 5.74) is 8.74. The molecule has 0 spiro atoms. The molecule has 0 unspecified atom stereocenters. The first-order valence-electron chi connectivity index (χ1n) is 9.39. The van der Waals surface area contributed by atoms with Gasteiger partial charge in [0.05, 0.1) is 0 Å².